The molecule has 0 spiro atoms. The van der Waals surface area contributed by atoms with Crippen LogP contribution < -0.4 is 10.6 Å². The van der Waals surface area contributed by atoms with Crippen molar-refractivity contribution in [2.75, 3.05) is 6.54 Å². The molecule has 4 heteroatoms. The van der Waals surface area contributed by atoms with Crippen LogP contribution in [-0.4, -0.2) is 17.7 Å². The Morgan fingerprint density at radius 3 is 2.59 bits per heavy atom. The number of fused-ring (bicyclic) bond motifs is 1. The molecule has 17 heavy (non-hydrogen) atoms. The molecule has 1 saturated heterocycles. The van der Waals surface area contributed by atoms with E-state index < -0.39 is 0 Å². The minimum atomic E-state index is -0.146. The van der Waals surface area contributed by atoms with Crippen molar-refractivity contribution in [3.8, 4) is 5.75 Å². The predicted octanol–water partition coefficient (Wildman–Crippen LogP) is 1.90. The Hall–Kier alpha value is -2.23. The van der Waals surface area contributed by atoms with Crippen molar-refractivity contribution in [2.24, 2.45) is 0 Å². The van der Waals surface area contributed by atoms with Crippen LogP contribution >= 0.6 is 0 Å². The van der Waals surface area contributed by atoms with Crippen LogP contribution in [0.4, 0.5) is 4.79 Å². The molecule has 0 aliphatic carbocycles. The minimum Gasteiger partial charge on any atom is -0.507 e. The molecule has 1 aliphatic heterocycles. The molecule has 3 N–H and O–H groups in total. The summed E-state index contributed by atoms with van der Waals surface area (Å²) in [6, 6.07) is 11.0. The number of aromatic hydroxyl groups is 1. The predicted molar refractivity (Wildman–Crippen MR) is 64.9 cm³/mol. The molecule has 2 amide bonds. The molecule has 3 rings (SSSR count). The lowest BCUT2D eigenvalue weighted by Crippen LogP contribution is -2.21. The van der Waals surface area contributed by atoms with Crippen LogP contribution in [0.2, 0.25) is 0 Å². The van der Waals surface area contributed by atoms with Crippen molar-refractivity contribution in [1.82, 2.24) is 10.6 Å². The molecule has 0 saturated carbocycles. The number of carbonyl (C=O) groups is 1. The van der Waals surface area contributed by atoms with Crippen LogP contribution in [-0.2, 0) is 0 Å². The molecule has 2 aromatic rings. The van der Waals surface area contributed by atoms with Gasteiger partial charge in [0.15, 0.2) is 0 Å². The van der Waals surface area contributed by atoms with Crippen LogP contribution in [0.3, 0.4) is 0 Å². The quantitative estimate of drug-likeness (QED) is 0.698. The molecular weight excluding hydrogens is 216 g/mol. The van der Waals surface area contributed by atoms with Crippen LogP contribution in [0.15, 0.2) is 36.4 Å². The fraction of sp³-hybridized carbons (Fsp3) is 0.154. The Labute approximate surface area is 98.3 Å². The third-order valence-electron chi connectivity index (χ3n) is 3.08. The van der Waals surface area contributed by atoms with Gasteiger partial charge in [-0.1, -0.05) is 30.3 Å². The molecule has 0 unspecified atom stereocenters. The molecule has 2 aromatic carbocycles. The fourth-order valence-electron chi connectivity index (χ4n) is 2.25. The molecule has 86 valence electrons. The highest BCUT2D eigenvalue weighted by Gasteiger charge is 2.23. The second-order valence-corrected chi connectivity index (χ2v) is 4.13. The van der Waals surface area contributed by atoms with Gasteiger partial charge < -0.3 is 15.7 Å². The number of carbonyl (C=O) groups excluding carboxylic acids is 1. The van der Waals surface area contributed by atoms with E-state index in [1.807, 2.05) is 30.3 Å². The second-order valence-electron chi connectivity index (χ2n) is 4.13. The van der Waals surface area contributed by atoms with Crippen LogP contribution in [0.25, 0.3) is 10.8 Å². The summed E-state index contributed by atoms with van der Waals surface area (Å²) in [4.78, 5) is 11.2. The van der Waals surface area contributed by atoms with Gasteiger partial charge in [0.05, 0.1) is 6.04 Å². The summed E-state index contributed by atoms with van der Waals surface area (Å²) in [7, 11) is 0. The lowest BCUT2D eigenvalue weighted by atomic mass is 9.98. The first-order chi connectivity index (χ1) is 8.25. The molecule has 1 fully saturated rings. The van der Waals surface area contributed by atoms with Crippen molar-refractivity contribution in [2.45, 2.75) is 6.04 Å². The molecule has 0 aromatic heterocycles. The van der Waals surface area contributed by atoms with E-state index in [1.54, 1.807) is 6.07 Å². The van der Waals surface area contributed by atoms with Gasteiger partial charge in [-0.15, -0.1) is 0 Å². The Morgan fingerprint density at radius 1 is 1.12 bits per heavy atom. The Kier molecular flexibility index (Phi) is 2.14. The Balaban J connectivity index is 2.17. The van der Waals surface area contributed by atoms with E-state index in [4.69, 9.17) is 0 Å². The molecule has 4 nitrogen and oxygen atoms in total. The van der Waals surface area contributed by atoms with Gasteiger partial charge in [0.25, 0.3) is 0 Å². The monoisotopic (exact) mass is 228 g/mol. The van der Waals surface area contributed by atoms with Crippen molar-refractivity contribution in [1.29, 1.82) is 0 Å². The number of hydrogen-bond acceptors (Lipinski definition) is 2. The summed E-state index contributed by atoms with van der Waals surface area (Å²) in [5.74, 6) is 0.265. The van der Waals surface area contributed by atoms with Crippen molar-refractivity contribution >= 4 is 16.8 Å². The number of nitrogens with one attached hydrogen (secondary N) is 2. The van der Waals surface area contributed by atoms with Crippen molar-refractivity contribution < 1.29 is 9.90 Å². The highest BCUT2D eigenvalue weighted by atomic mass is 16.3. The molecule has 0 radical (unpaired) electrons. The highest BCUT2D eigenvalue weighted by molar-refractivity contribution is 5.92. The Morgan fingerprint density at radius 2 is 1.88 bits per heavy atom. The molecule has 1 atom stereocenters. The summed E-state index contributed by atoms with van der Waals surface area (Å²) >= 11 is 0. The van der Waals surface area contributed by atoms with E-state index in [-0.39, 0.29) is 17.8 Å². The number of urea groups is 1. The number of rotatable bonds is 1. The summed E-state index contributed by atoms with van der Waals surface area (Å²) in [6.45, 7) is 0.577. The van der Waals surface area contributed by atoms with Gasteiger partial charge in [0.2, 0.25) is 0 Å². The average molecular weight is 228 g/mol. The zero-order valence-corrected chi connectivity index (χ0v) is 9.10. The number of amides is 2. The van der Waals surface area contributed by atoms with Crippen molar-refractivity contribution in [3.63, 3.8) is 0 Å². The third kappa shape index (κ3) is 1.58. The van der Waals surface area contributed by atoms with E-state index in [2.05, 4.69) is 10.6 Å². The van der Waals surface area contributed by atoms with Crippen molar-refractivity contribution in [3.05, 3.63) is 42.0 Å². The van der Waals surface area contributed by atoms with Gasteiger partial charge in [0, 0.05) is 11.9 Å². The summed E-state index contributed by atoms with van der Waals surface area (Å²) < 4.78 is 0. The fourth-order valence-corrected chi connectivity index (χ4v) is 2.25. The molecule has 0 bridgehead atoms. The number of benzene rings is 2. The van der Waals surface area contributed by atoms with Gasteiger partial charge in [-0.2, -0.15) is 0 Å². The topological polar surface area (TPSA) is 61.4 Å². The Bertz CT molecular complexity index is 595. The first-order valence-corrected chi connectivity index (χ1v) is 5.50. The highest BCUT2D eigenvalue weighted by Crippen LogP contribution is 2.31. The second kappa shape index (κ2) is 3.66. The third-order valence-corrected chi connectivity index (χ3v) is 3.08. The zero-order chi connectivity index (χ0) is 11.8. The molecular formula is C13H12N2O2. The van der Waals surface area contributed by atoms with Gasteiger partial charge in [0.1, 0.15) is 5.75 Å². The standard InChI is InChI=1S/C13H12N2O2/c16-12-6-5-9(11-7-14-13(17)15-11)8-3-1-2-4-10(8)12/h1-6,11,16H,7H2,(H2,14,15,17)/t11-/m0/s1. The average Bonchev–Trinajstić information content (AvgIpc) is 2.77. The van der Waals surface area contributed by atoms with Gasteiger partial charge in [-0.3, -0.25) is 0 Å². The minimum absolute atomic E-state index is 0.0343. The first kappa shape index (κ1) is 9.96. The molecule has 1 heterocycles. The maximum absolute atomic E-state index is 11.2. The number of phenols is 1. The van der Waals surface area contributed by atoms with E-state index in [0.29, 0.717) is 6.54 Å². The summed E-state index contributed by atoms with van der Waals surface area (Å²) in [6.07, 6.45) is 0. The maximum Gasteiger partial charge on any atom is 0.315 e. The summed E-state index contributed by atoms with van der Waals surface area (Å²) in [5, 5.41) is 17.2. The van der Waals surface area contributed by atoms with Crippen LogP contribution in [0.5, 0.6) is 5.75 Å². The number of hydrogen-bond donors (Lipinski definition) is 3. The van der Waals surface area contributed by atoms with Crippen LogP contribution in [0, 0.1) is 0 Å². The van der Waals surface area contributed by atoms with E-state index in [1.165, 1.54) is 0 Å². The molecule has 1 aliphatic rings. The van der Waals surface area contributed by atoms with Crippen LogP contribution in [0.1, 0.15) is 11.6 Å². The lowest BCUT2D eigenvalue weighted by molar-refractivity contribution is 0.247. The van der Waals surface area contributed by atoms with Gasteiger partial charge in [-0.05, 0) is 17.0 Å². The smallest absolute Gasteiger partial charge is 0.315 e. The lowest BCUT2D eigenvalue weighted by Gasteiger charge is -2.13. The number of phenolic OH excluding ortho intramolecular Hbond substituents is 1. The maximum atomic E-state index is 11.2. The van der Waals surface area contributed by atoms with E-state index in [0.717, 1.165) is 16.3 Å². The van der Waals surface area contributed by atoms with Gasteiger partial charge in [-0.25, -0.2) is 4.79 Å². The van der Waals surface area contributed by atoms with Gasteiger partial charge >= 0.3 is 6.03 Å². The SMILES string of the molecule is O=C1NC[C@@H](c2ccc(O)c3ccccc23)N1. The normalized spacial score (nSPS) is 19.1. The summed E-state index contributed by atoms with van der Waals surface area (Å²) in [5.41, 5.74) is 1.02. The first-order valence-electron chi connectivity index (χ1n) is 5.50. The largest absolute Gasteiger partial charge is 0.507 e. The zero-order valence-electron chi connectivity index (χ0n) is 9.10. The van der Waals surface area contributed by atoms with E-state index >= 15 is 0 Å². The van der Waals surface area contributed by atoms with E-state index in [9.17, 15) is 9.90 Å².